The van der Waals surface area contributed by atoms with Crippen molar-refractivity contribution < 1.29 is 0 Å². The molecule has 0 fully saturated rings. The van der Waals surface area contributed by atoms with E-state index in [2.05, 4.69) is 28.8 Å². The third kappa shape index (κ3) is 0.988. The molecule has 0 saturated carbocycles. The molecule has 0 aliphatic carbocycles. The Hall–Kier alpha value is -1.28. The maximum atomic E-state index is 4.61. The molecule has 0 bridgehead atoms. The van der Waals surface area contributed by atoms with Gasteiger partial charge in [-0.3, -0.25) is 5.32 Å². The van der Waals surface area contributed by atoms with Gasteiger partial charge in [0.05, 0.1) is 5.69 Å². The van der Waals surface area contributed by atoms with Gasteiger partial charge in [-0.05, 0) is 11.6 Å². The number of nitrogens with one attached hydrogen (secondary N) is 1. The summed E-state index contributed by atoms with van der Waals surface area (Å²) in [5, 5.41) is 7.99. The number of hydrogen-bond donors (Lipinski definition) is 1. The summed E-state index contributed by atoms with van der Waals surface area (Å²) >= 11 is 0. The average Bonchev–Trinajstić information content (AvgIpc) is 2.56. The van der Waals surface area contributed by atoms with Crippen molar-refractivity contribution >= 4 is 11.3 Å². The highest BCUT2D eigenvalue weighted by Crippen LogP contribution is 2.36. The lowest BCUT2D eigenvalue weighted by atomic mass is 10.0. The minimum Gasteiger partial charge on any atom is -0.312 e. The number of nitrogens with zero attached hydrogens (tertiary/aromatic N) is 1. The van der Waals surface area contributed by atoms with Crippen LogP contribution in [-0.2, 0) is 0 Å². The van der Waals surface area contributed by atoms with Gasteiger partial charge in [-0.2, -0.15) is 0 Å². The van der Waals surface area contributed by atoms with E-state index in [9.17, 15) is 0 Å². The SMILES string of the molecule is c1ccc2c(c1)[N]C1=C2CNCC1. The van der Waals surface area contributed by atoms with E-state index in [4.69, 9.17) is 0 Å². The fraction of sp³-hybridized carbons (Fsp3) is 0.273. The maximum absolute atomic E-state index is 4.61. The molecule has 65 valence electrons. The van der Waals surface area contributed by atoms with Crippen molar-refractivity contribution in [2.24, 2.45) is 0 Å². The predicted molar refractivity (Wildman–Crippen MR) is 52.6 cm³/mol. The molecule has 2 aliphatic rings. The Labute approximate surface area is 77.7 Å². The molecule has 0 spiro atoms. The standard InChI is InChI=1S/C11H11N2/c1-2-4-10-8(3-1)9-7-12-6-5-11(9)13-10/h1-4,12H,5-7H2. The van der Waals surface area contributed by atoms with Crippen molar-refractivity contribution in [2.45, 2.75) is 6.42 Å². The Morgan fingerprint density at radius 3 is 3.15 bits per heavy atom. The van der Waals surface area contributed by atoms with Crippen LogP contribution in [0.2, 0.25) is 0 Å². The van der Waals surface area contributed by atoms with E-state index in [-0.39, 0.29) is 0 Å². The fourth-order valence-corrected chi connectivity index (χ4v) is 2.02. The summed E-state index contributed by atoms with van der Waals surface area (Å²) in [5.74, 6) is 0. The molecule has 13 heavy (non-hydrogen) atoms. The molecule has 0 atom stereocenters. The van der Waals surface area contributed by atoms with E-state index in [0.717, 1.165) is 25.2 Å². The molecular weight excluding hydrogens is 160 g/mol. The van der Waals surface area contributed by atoms with Gasteiger partial charge in [-0.25, -0.2) is 0 Å². The number of fused-ring (bicyclic) bond motifs is 2. The van der Waals surface area contributed by atoms with Crippen molar-refractivity contribution in [3.63, 3.8) is 0 Å². The molecule has 1 aromatic rings. The zero-order valence-electron chi connectivity index (χ0n) is 7.38. The molecule has 1 N–H and O–H groups in total. The zero-order valence-corrected chi connectivity index (χ0v) is 7.38. The Kier molecular flexibility index (Phi) is 1.43. The summed E-state index contributed by atoms with van der Waals surface area (Å²) in [6.45, 7) is 2.05. The van der Waals surface area contributed by atoms with Gasteiger partial charge in [0.2, 0.25) is 0 Å². The Balaban J connectivity index is 2.12. The van der Waals surface area contributed by atoms with Crippen LogP contribution in [0.25, 0.3) is 5.57 Å². The van der Waals surface area contributed by atoms with Crippen LogP contribution in [0.1, 0.15) is 12.0 Å². The number of hydrogen-bond acceptors (Lipinski definition) is 1. The minimum atomic E-state index is 0.982. The topological polar surface area (TPSA) is 26.1 Å². The average molecular weight is 171 g/mol. The first kappa shape index (κ1) is 7.15. The summed E-state index contributed by atoms with van der Waals surface area (Å²) < 4.78 is 0. The largest absolute Gasteiger partial charge is 0.312 e. The van der Waals surface area contributed by atoms with Gasteiger partial charge < -0.3 is 5.32 Å². The Bertz CT molecular complexity index is 379. The second-order valence-electron chi connectivity index (χ2n) is 3.48. The third-order valence-corrected chi connectivity index (χ3v) is 2.67. The third-order valence-electron chi connectivity index (χ3n) is 2.67. The van der Waals surface area contributed by atoms with Crippen molar-refractivity contribution in [1.29, 1.82) is 0 Å². The molecule has 2 heterocycles. The number of para-hydroxylation sites is 1. The highest BCUT2D eigenvalue weighted by atomic mass is 15.0. The van der Waals surface area contributed by atoms with Crippen LogP contribution in [0.4, 0.5) is 5.69 Å². The lowest BCUT2D eigenvalue weighted by molar-refractivity contribution is 0.700. The first-order chi connectivity index (χ1) is 6.45. The molecule has 2 aliphatic heterocycles. The summed E-state index contributed by atoms with van der Waals surface area (Å²) in [7, 11) is 0. The molecule has 2 nitrogen and oxygen atoms in total. The van der Waals surface area contributed by atoms with E-state index >= 15 is 0 Å². The first-order valence-corrected chi connectivity index (χ1v) is 4.69. The number of benzene rings is 1. The van der Waals surface area contributed by atoms with Crippen LogP contribution < -0.4 is 10.6 Å². The number of rotatable bonds is 0. The summed E-state index contributed by atoms with van der Waals surface area (Å²) in [5.41, 5.74) is 5.17. The van der Waals surface area contributed by atoms with Gasteiger partial charge >= 0.3 is 0 Å². The lowest BCUT2D eigenvalue weighted by Crippen LogP contribution is -2.23. The van der Waals surface area contributed by atoms with Crippen molar-refractivity contribution in [2.75, 3.05) is 13.1 Å². The van der Waals surface area contributed by atoms with Gasteiger partial charge in [-0.1, -0.05) is 18.2 Å². The fourth-order valence-electron chi connectivity index (χ4n) is 2.02. The summed E-state index contributed by atoms with van der Waals surface area (Å²) in [6.07, 6.45) is 1.07. The second-order valence-corrected chi connectivity index (χ2v) is 3.48. The molecule has 0 amide bonds. The molecule has 2 heteroatoms. The van der Waals surface area contributed by atoms with E-state index in [0.29, 0.717) is 0 Å². The molecule has 1 aromatic carbocycles. The molecule has 0 saturated heterocycles. The highest BCUT2D eigenvalue weighted by Gasteiger charge is 2.23. The van der Waals surface area contributed by atoms with Crippen LogP contribution >= 0.6 is 0 Å². The maximum Gasteiger partial charge on any atom is 0.0709 e. The van der Waals surface area contributed by atoms with Crippen LogP contribution in [0.15, 0.2) is 30.0 Å². The Morgan fingerprint density at radius 1 is 1.23 bits per heavy atom. The van der Waals surface area contributed by atoms with E-state index in [1.54, 1.807) is 0 Å². The van der Waals surface area contributed by atoms with Gasteiger partial charge in [0.25, 0.3) is 0 Å². The summed E-state index contributed by atoms with van der Waals surface area (Å²) in [6, 6.07) is 8.38. The second kappa shape index (κ2) is 2.60. The molecule has 0 aromatic heterocycles. The monoisotopic (exact) mass is 171 g/mol. The quantitative estimate of drug-likeness (QED) is 0.631. The molecular formula is C11H11N2. The smallest absolute Gasteiger partial charge is 0.0709 e. The van der Waals surface area contributed by atoms with Crippen LogP contribution in [0.5, 0.6) is 0 Å². The van der Waals surface area contributed by atoms with E-state index in [1.165, 1.54) is 16.8 Å². The van der Waals surface area contributed by atoms with Crippen molar-refractivity contribution in [1.82, 2.24) is 10.6 Å². The minimum absolute atomic E-state index is 0.982. The predicted octanol–water partition coefficient (Wildman–Crippen LogP) is 1.64. The van der Waals surface area contributed by atoms with Crippen LogP contribution in [-0.4, -0.2) is 13.1 Å². The van der Waals surface area contributed by atoms with Gasteiger partial charge in [-0.15, -0.1) is 0 Å². The zero-order chi connectivity index (χ0) is 8.67. The summed E-state index contributed by atoms with van der Waals surface area (Å²) in [4.78, 5) is 0. The van der Waals surface area contributed by atoms with Crippen molar-refractivity contribution in [3.05, 3.63) is 35.5 Å². The van der Waals surface area contributed by atoms with E-state index in [1.807, 2.05) is 6.07 Å². The van der Waals surface area contributed by atoms with Crippen LogP contribution in [0, 0.1) is 0 Å². The highest BCUT2D eigenvalue weighted by molar-refractivity contribution is 5.83. The molecule has 0 unspecified atom stereocenters. The first-order valence-electron chi connectivity index (χ1n) is 4.69. The van der Waals surface area contributed by atoms with Gasteiger partial charge in [0.1, 0.15) is 0 Å². The van der Waals surface area contributed by atoms with Gasteiger partial charge in [0, 0.05) is 30.8 Å². The normalized spacial score (nSPS) is 19.4. The lowest BCUT2D eigenvalue weighted by Gasteiger charge is -2.13. The van der Waals surface area contributed by atoms with Crippen LogP contribution in [0.3, 0.4) is 0 Å². The Morgan fingerprint density at radius 2 is 2.15 bits per heavy atom. The molecule has 3 rings (SSSR count). The van der Waals surface area contributed by atoms with Crippen molar-refractivity contribution in [3.8, 4) is 0 Å². The van der Waals surface area contributed by atoms with Gasteiger partial charge in [0.15, 0.2) is 0 Å². The van der Waals surface area contributed by atoms with E-state index < -0.39 is 0 Å². The molecule has 1 radical (unpaired) electrons.